The van der Waals surface area contributed by atoms with E-state index in [9.17, 15) is 18.8 Å². The van der Waals surface area contributed by atoms with Gasteiger partial charge in [-0.25, -0.2) is 19.0 Å². The molecule has 0 saturated carbocycles. The van der Waals surface area contributed by atoms with Gasteiger partial charge in [0.1, 0.15) is 5.82 Å². The molecule has 1 aromatic carbocycles. The highest BCUT2D eigenvalue weighted by Gasteiger charge is 2.24. The molecule has 2 N–H and O–H groups in total. The fourth-order valence-corrected chi connectivity index (χ4v) is 2.56. The van der Waals surface area contributed by atoms with E-state index in [0.29, 0.717) is 10.8 Å². The summed E-state index contributed by atoms with van der Waals surface area (Å²) in [7, 11) is 1.35. The van der Waals surface area contributed by atoms with Crippen molar-refractivity contribution in [3.05, 3.63) is 42.0 Å². The van der Waals surface area contributed by atoms with Crippen LogP contribution in [-0.4, -0.2) is 46.9 Å². The molecule has 0 aliphatic rings. The Morgan fingerprint density at radius 1 is 1.27 bits per heavy atom. The SMILES string of the molecule is CNC(=O)NC(=O)C(C)OC(=O)c1cnc(SC)n1-c1ccc(F)cc1. The predicted octanol–water partition coefficient (Wildman–Crippen LogP) is 1.73. The van der Waals surface area contributed by atoms with Gasteiger partial charge in [0.2, 0.25) is 0 Å². The Hall–Kier alpha value is -2.88. The summed E-state index contributed by atoms with van der Waals surface area (Å²) >= 11 is 1.29. The highest BCUT2D eigenvalue weighted by molar-refractivity contribution is 7.98. The highest BCUT2D eigenvalue weighted by atomic mass is 32.2. The maximum Gasteiger partial charge on any atom is 0.357 e. The number of carbonyl (C=O) groups is 3. The fourth-order valence-electron chi connectivity index (χ4n) is 2.01. The molecule has 1 heterocycles. The van der Waals surface area contributed by atoms with Gasteiger partial charge < -0.3 is 10.1 Å². The molecular formula is C16H17FN4O4S. The average Bonchev–Trinajstić information content (AvgIpc) is 3.06. The van der Waals surface area contributed by atoms with E-state index in [-0.39, 0.29) is 5.69 Å². The summed E-state index contributed by atoms with van der Waals surface area (Å²) in [6.45, 7) is 1.34. The second kappa shape index (κ2) is 8.48. The van der Waals surface area contributed by atoms with E-state index >= 15 is 0 Å². The number of ether oxygens (including phenoxy) is 1. The average molecular weight is 380 g/mol. The van der Waals surface area contributed by atoms with Crippen LogP contribution in [-0.2, 0) is 9.53 Å². The number of imidazole rings is 1. The number of rotatable bonds is 5. The van der Waals surface area contributed by atoms with Crippen molar-refractivity contribution < 1.29 is 23.5 Å². The summed E-state index contributed by atoms with van der Waals surface area (Å²) in [6, 6.07) is 4.80. The Kier molecular flexibility index (Phi) is 6.34. The molecule has 0 radical (unpaired) electrons. The first-order chi connectivity index (χ1) is 12.4. The molecule has 2 rings (SSSR count). The number of carbonyl (C=O) groups excluding carboxylic acids is 3. The normalized spacial score (nSPS) is 11.5. The first kappa shape index (κ1) is 19.4. The molecule has 138 valence electrons. The molecule has 0 aliphatic carbocycles. The van der Waals surface area contributed by atoms with E-state index in [4.69, 9.17) is 4.74 Å². The third-order valence-corrected chi connectivity index (χ3v) is 3.98. The second-order valence-corrected chi connectivity index (χ2v) is 5.83. The number of thioether (sulfide) groups is 1. The maximum absolute atomic E-state index is 13.2. The second-order valence-electron chi connectivity index (χ2n) is 5.06. The summed E-state index contributed by atoms with van der Waals surface area (Å²) in [5.74, 6) is -1.99. The fraction of sp³-hybridized carbons (Fsp3) is 0.250. The van der Waals surface area contributed by atoms with Crippen molar-refractivity contribution in [3.8, 4) is 5.69 Å². The van der Waals surface area contributed by atoms with Crippen molar-refractivity contribution in [3.63, 3.8) is 0 Å². The van der Waals surface area contributed by atoms with Gasteiger partial charge in [0, 0.05) is 12.7 Å². The molecule has 0 aliphatic heterocycles. The van der Waals surface area contributed by atoms with Gasteiger partial charge in [-0.15, -0.1) is 0 Å². The third kappa shape index (κ3) is 4.39. The first-order valence-electron chi connectivity index (χ1n) is 7.48. The number of halogens is 1. The number of esters is 1. The van der Waals surface area contributed by atoms with Crippen LogP contribution in [0, 0.1) is 5.82 Å². The number of hydrogen-bond donors (Lipinski definition) is 2. The molecule has 26 heavy (non-hydrogen) atoms. The number of imide groups is 1. The third-order valence-electron chi connectivity index (χ3n) is 3.32. The van der Waals surface area contributed by atoms with E-state index < -0.39 is 29.8 Å². The summed E-state index contributed by atoms with van der Waals surface area (Å²) in [5, 5.41) is 4.74. The van der Waals surface area contributed by atoms with Crippen LogP contribution in [0.15, 0.2) is 35.6 Å². The molecule has 8 nitrogen and oxygen atoms in total. The zero-order valence-electron chi connectivity index (χ0n) is 14.3. The molecule has 2 aromatic rings. The summed E-state index contributed by atoms with van der Waals surface area (Å²) < 4.78 is 19.8. The van der Waals surface area contributed by atoms with Gasteiger partial charge in [0.15, 0.2) is 17.0 Å². The number of hydrogen-bond acceptors (Lipinski definition) is 6. The Labute approximate surface area is 153 Å². The number of benzene rings is 1. The van der Waals surface area contributed by atoms with E-state index in [1.54, 1.807) is 6.26 Å². The van der Waals surface area contributed by atoms with Crippen LogP contribution in [0.1, 0.15) is 17.4 Å². The minimum absolute atomic E-state index is 0.0700. The van der Waals surface area contributed by atoms with Crippen molar-refractivity contribution in [2.45, 2.75) is 18.2 Å². The molecular weight excluding hydrogens is 363 g/mol. The molecule has 1 atom stereocenters. The molecule has 0 fully saturated rings. The van der Waals surface area contributed by atoms with Gasteiger partial charge in [0.25, 0.3) is 5.91 Å². The lowest BCUT2D eigenvalue weighted by Gasteiger charge is -2.14. The van der Waals surface area contributed by atoms with Crippen molar-refractivity contribution >= 4 is 29.7 Å². The molecule has 0 saturated heterocycles. The lowest BCUT2D eigenvalue weighted by Crippen LogP contribution is -2.43. The van der Waals surface area contributed by atoms with E-state index in [2.05, 4.69) is 10.3 Å². The quantitative estimate of drug-likeness (QED) is 0.605. The Morgan fingerprint density at radius 3 is 2.50 bits per heavy atom. The molecule has 0 spiro atoms. The van der Waals surface area contributed by atoms with E-state index in [1.807, 2.05) is 5.32 Å². The van der Waals surface area contributed by atoms with Crippen LogP contribution >= 0.6 is 11.8 Å². The van der Waals surface area contributed by atoms with E-state index in [1.165, 1.54) is 60.8 Å². The number of aromatic nitrogens is 2. The Bertz CT molecular complexity index is 822. The van der Waals surface area contributed by atoms with Crippen molar-refractivity contribution in [2.24, 2.45) is 0 Å². The smallest absolute Gasteiger partial charge is 0.357 e. The monoisotopic (exact) mass is 380 g/mol. The van der Waals surface area contributed by atoms with Gasteiger partial charge in [-0.1, -0.05) is 11.8 Å². The van der Waals surface area contributed by atoms with Crippen LogP contribution in [0.3, 0.4) is 0 Å². The summed E-state index contributed by atoms with van der Waals surface area (Å²) in [4.78, 5) is 39.6. The first-order valence-corrected chi connectivity index (χ1v) is 8.71. The van der Waals surface area contributed by atoms with Gasteiger partial charge >= 0.3 is 12.0 Å². The topological polar surface area (TPSA) is 102 Å². The number of urea groups is 1. The molecule has 10 heteroatoms. The van der Waals surface area contributed by atoms with Crippen LogP contribution in [0.2, 0.25) is 0 Å². The van der Waals surface area contributed by atoms with Crippen molar-refractivity contribution in [2.75, 3.05) is 13.3 Å². The summed E-state index contributed by atoms with van der Waals surface area (Å²) in [6.07, 6.45) is 1.88. The largest absolute Gasteiger partial charge is 0.448 e. The number of nitrogens with one attached hydrogen (secondary N) is 2. The number of amides is 3. The summed E-state index contributed by atoms with van der Waals surface area (Å²) in [5.41, 5.74) is 0.586. The van der Waals surface area contributed by atoms with Gasteiger partial charge in [0.05, 0.1) is 6.20 Å². The minimum Gasteiger partial charge on any atom is -0.448 e. The standard InChI is InChI=1S/C16H17FN4O4S/c1-9(13(22)20-15(24)18-2)25-14(23)12-8-19-16(26-3)21(12)11-6-4-10(17)5-7-11/h4-9H,1-3H3,(H2,18,20,22,24). The highest BCUT2D eigenvalue weighted by Crippen LogP contribution is 2.22. The molecule has 1 aromatic heterocycles. The lowest BCUT2D eigenvalue weighted by molar-refractivity contribution is -0.127. The Morgan fingerprint density at radius 2 is 1.92 bits per heavy atom. The van der Waals surface area contributed by atoms with Crippen LogP contribution in [0.25, 0.3) is 5.69 Å². The molecule has 3 amide bonds. The predicted molar refractivity (Wildman–Crippen MR) is 92.8 cm³/mol. The van der Waals surface area contributed by atoms with Crippen molar-refractivity contribution in [1.82, 2.24) is 20.2 Å². The van der Waals surface area contributed by atoms with Gasteiger partial charge in [-0.3, -0.25) is 14.7 Å². The van der Waals surface area contributed by atoms with Gasteiger partial charge in [-0.2, -0.15) is 0 Å². The zero-order valence-corrected chi connectivity index (χ0v) is 15.1. The van der Waals surface area contributed by atoms with Crippen LogP contribution < -0.4 is 10.6 Å². The Balaban J connectivity index is 2.24. The molecule has 1 unspecified atom stereocenters. The van der Waals surface area contributed by atoms with Crippen molar-refractivity contribution in [1.29, 1.82) is 0 Å². The van der Waals surface area contributed by atoms with Gasteiger partial charge in [-0.05, 0) is 37.4 Å². The molecule has 0 bridgehead atoms. The zero-order chi connectivity index (χ0) is 19.3. The lowest BCUT2D eigenvalue weighted by atomic mass is 10.3. The maximum atomic E-state index is 13.2. The van der Waals surface area contributed by atoms with Crippen LogP contribution in [0.5, 0.6) is 0 Å². The van der Waals surface area contributed by atoms with Crippen LogP contribution in [0.4, 0.5) is 9.18 Å². The number of nitrogens with zero attached hydrogens (tertiary/aromatic N) is 2. The van der Waals surface area contributed by atoms with E-state index in [0.717, 1.165) is 0 Å². The minimum atomic E-state index is -1.20.